The van der Waals surface area contributed by atoms with Gasteiger partial charge in [0.15, 0.2) is 14.9 Å². The van der Waals surface area contributed by atoms with E-state index in [0.29, 0.717) is 34.4 Å². The molecule has 2 aromatic carbocycles. The predicted octanol–water partition coefficient (Wildman–Crippen LogP) is 3.67. The lowest BCUT2D eigenvalue weighted by molar-refractivity contribution is 0.172. The highest BCUT2D eigenvalue weighted by molar-refractivity contribution is 7.90. The molecule has 8 heteroatoms. The van der Waals surface area contributed by atoms with Crippen LogP contribution in [0.15, 0.2) is 65.8 Å². The molecule has 2 aromatic heterocycles. The average Bonchev–Trinajstić information content (AvgIpc) is 3.24. The molecule has 2 atom stereocenters. The minimum Gasteiger partial charge on any atom is -0.385 e. The van der Waals surface area contributed by atoms with Gasteiger partial charge in [-0.05, 0) is 23.8 Å². The second-order valence-corrected chi connectivity index (χ2v) is 9.46. The van der Waals surface area contributed by atoms with Gasteiger partial charge in [-0.2, -0.15) is 0 Å². The molecule has 1 N–H and O–H groups in total. The Balaban J connectivity index is 1.67. The molecule has 5 rings (SSSR count). The molecule has 0 spiro atoms. The van der Waals surface area contributed by atoms with Crippen LogP contribution in [0, 0.1) is 5.82 Å². The Hall–Kier alpha value is -3.10. The van der Waals surface area contributed by atoms with Crippen LogP contribution in [-0.2, 0) is 9.84 Å². The maximum absolute atomic E-state index is 14.9. The summed E-state index contributed by atoms with van der Waals surface area (Å²) in [7, 11) is -3.44. The van der Waals surface area contributed by atoms with Crippen LogP contribution < -0.4 is 0 Å². The van der Waals surface area contributed by atoms with Gasteiger partial charge in [-0.25, -0.2) is 22.8 Å². The molecule has 0 bridgehead atoms. The normalized spacial score (nSPS) is 18.6. The van der Waals surface area contributed by atoms with E-state index < -0.39 is 21.8 Å². The molecule has 6 nitrogen and oxygen atoms in total. The summed E-state index contributed by atoms with van der Waals surface area (Å²) in [6, 6.07) is 15.6. The Morgan fingerprint density at radius 3 is 2.57 bits per heavy atom. The lowest BCUT2D eigenvalue weighted by Gasteiger charge is -2.15. The standard InChI is InChI=1S/C22H18FN3O3S/c1-30(28,29)21-8-7-14(12-24-21)15-9-19-17(10-16(15)23)25-22-20(27)11-18(26(19)22)13-5-3-2-4-6-13/h2-10,12,18,20,27H,11H2,1H3/t18?,20-/m0/s1. The first-order valence-corrected chi connectivity index (χ1v) is 11.3. The van der Waals surface area contributed by atoms with Crippen LogP contribution in [0.2, 0.25) is 0 Å². The van der Waals surface area contributed by atoms with Gasteiger partial charge in [-0.15, -0.1) is 0 Å². The maximum Gasteiger partial charge on any atom is 0.192 e. The first-order valence-electron chi connectivity index (χ1n) is 9.44. The van der Waals surface area contributed by atoms with E-state index in [-0.39, 0.29) is 11.1 Å². The molecule has 0 radical (unpaired) electrons. The summed E-state index contributed by atoms with van der Waals surface area (Å²) >= 11 is 0. The smallest absolute Gasteiger partial charge is 0.192 e. The monoisotopic (exact) mass is 423 g/mol. The Kier molecular flexibility index (Phi) is 4.23. The summed E-state index contributed by atoms with van der Waals surface area (Å²) in [6.45, 7) is 0. The Labute approximate surface area is 172 Å². The summed E-state index contributed by atoms with van der Waals surface area (Å²) in [5.74, 6) is 0.0277. The third-order valence-corrected chi connectivity index (χ3v) is 6.47. The van der Waals surface area contributed by atoms with Crippen molar-refractivity contribution in [1.82, 2.24) is 14.5 Å². The summed E-state index contributed by atoms with van der Waals surface area (Å²) in [5, 5.41) is 10.5. The number of nitrogens with zero attached hydrogens (tertiary/aromatic N) is 3. The number of pyridine rings is 1. The fraction of sp³-hybridized carbons (Fsp3) is 0.182. The highest BCUT2D eigenvalue weighted by atomic mass is 32.2. The molecule has 0 saturated heterocycles. The summed E-state index contributed by atoms with van der Waals surface area (Å²) in [6.07, 6.45) is 2.20. The number of rotatable bonds is 3. The number of fused-ring (bicyclic) bond motifs is 3. The zero-order valence-corrected chi connectivity index (χ0v) is 16.8. The number of aromatic nitrogens is 3. The molecule has 3 heterocycles. The molecule has 1 aliphatic rings. The van der Waals surface area contributed by atoms with Crippen LogP contribution in [0.5, 0.6) is 0 Å². The molecule has 0 fully saturated rings. The maximum atomic E-state index is 14.9. The van der Waals surface area contributed by atoms with Crippen molar-refractivity contribution in [2.45, 2.75) is 23.6 Å². The molecule has 1 unspecified atom stereocenters. The second-order valence-electron chi connectivity index (χ2n) is 7.50. The SMILES string of the molecule is CS(=O)(=O)c1ccc(-c2cc3c(cc2F)nc2n3C(c3ccccc3)C[C@@H]2O)cn1. The number of benzene rings is 2. The fourth-order valence-corrected chi connectivity index (χ4v) is 4.62. The largest absolute Gasteiger partial charge is 0.385 e. The van der Waals surface area contributed by atoms with Gasteiger partial charge in [0.25, 0.3) is 0 Å². The molecule has 0 aliphatic carbocycles. The van der Waals surface area contributed by atoms with Crippen LogP contribution in [-0.4, -0.2) is 34.3 Å². The lowest BCUT2D eigenvalue weighted by Crippen LogP contribution is -2.05. The molecule has 1 aliphatic heterocycles. The summed E-state index contributed by atoms with van der Waals surface area (Å²) in [5.41, 5.74) is 2.98. The third-order valence-electron chi connectivity index (χ3n) is 5.47. The predicted molar refractivity (Wildman–Crippen MR) is 110 cm³/mol. The first kappa shape index (κ1) is 18.9. The summed E-state index contributed by atoms with van der Waals surface area (Å²) in [4.78, 5) is 8.44. The van der Waals surface area contributed by atoms with E-state index >= 15 is 0 Å². The molecular weight excluding hydrogens is 405 g/mol. The van der Waals surface area contributed by atoms with Gasteiger partial charge in [-0.1, -0.05) is 30.3 Å². The lowest BCUT2D eigenvalue weighted by atomic mass is 10.0. The zero-order valence-electron chi connectivity index (χ0n) is 16.0. The van der Waals surface area contributed by atoms with Crippen molar-refractivity contribution in [2.24, 2.45) is 0 Å². The van der Waals surface area contributed by atoms with E-state index in [9.17, 15) is 17.9 Å². The van der Waals surface area contributed by atoms with Gasteiger partial charge in [0.1, 0.15) is 17.7 Å². The zero-order chi connectivity index (χ0) is 21.0. The van der Waals surface area contributed by atoms with Crippen LogP contribution in [0.1, 0.15) is 30.0 Å². The quantitative estimate of drug-likeness (QED) is 0.544. The van der Waals surface area contributed by atoms with Crippen LogP contribution in [0.4, 0.5) is 4.39 Å². The molecular formula is C22H18FN3O3S. The van der Waals surface area contributed by atoms with Crippen molar-refractivity contribution in [2.75, 3.05) is 6.26 Å². The Morgan fingerprint density at radius 2 is 1.90 bits per heavy atom. The van der Waals surface area contributed by atoms with Gasteiger partial charge in [-0.3, -0.25) is 0 Å². The fourth-order valence-electron chi connectivity index (χ4n) is 4.06. The number of hydrogen-bond donors (Lipinski definition) is 1. The highest BCUT2D eigenvalue weighted by Gasteiger charge is 2.34. The Morgan fingerprint density at radius 1 is 1.13 bits per heavy atom. The number of halogens is 1. The molecule has 30 heavy (non-hydrogen) atoms. The number of hydrogen-bond acceptors (Lipinski definition) is 5. The van der Waals surface area contributed by atoms with E-state index in [0.717, 1.165) is 11.8 Å². The van der Waals surface area contributed by atoms with Crippen molar-refractivity contribution in [3.05, 3.63) is 78.0 Å². The highest BCUT2D eigenvalue weighted by Crippen LogP contribution is 2.42. The van der Waals surface area contributed by atoms with E-state index in [1.165, 1.54) is 18.3 Å². The van der Waals surface area contributed by atoms with Crippen LogP contribution >= 0.6 is 0 Å². The van der Waals surface area contributed by atoms with Crippen molar-refractivity contribution in [3.8, 4) is 11.1 Å². The molecule has 4 aromatic rings. The summed E-state index contributed by atoms with van der Waals surface area (Å²) < 4.78 is 40.1. The van der Waals surface area contributed by atoms with Gasteiger partial charge < -0.3 is 9.67 Å². The number of sulfone groups is 1. The van der Waals surface area contributed by atoms with Crippen molar-refractivity contribution < 1.29 is 17.9 Å². The van der Waals surface area contributed by atoms with Gasteiger partial charge in [0, 0.05) is 36.1 Å². The van der Waals surface area contributed by atoms with E-state index in [2.05, 4.69) is 9.97 Å². The van der Waals surface area contributed by atoms with Gasteiger partial charge >= 0.3 is 0 Å². The van der Waals surface area contributed by atoms with E-state index in [1.54, 1.807) is 12.1 Å². The topological polar surface area (TPSA) is 85.1 Å². The van der Waals surface area contributed by atoms with Crippen LogP contribution in [0.3, 0.4) is 0 Å². The van der Waals surface area contributed by atoms with Crippen molar-refractivity contribution in [3.63, 3.8) is 0 Å². The van der Waals surface area contributed by atoms with E-state index in [1.807, 2.05) is 34.9 Å². The second kappa shape index (κ2) is 6.72. The van der Waals surface area contributed by atoms with Crippen LogP contribution in [0.25, 0.3) is 22.2 Å². The minimum absolute atomic E-state index is 0.0646. The number of aliphatic hydroxyl groups is 1. The third kappa shape index (κ3) is 3.00. The first-order chi connectivity index (χ1) is 14.3. The van der Waals surface area contributed by atoms with Crippen molar-refractivity contribution >= 4 is 20.9 Å². The average molecular weight is 423 g/mol. The van der Waals surface area contributed by atoms with E-state index in [4.69, 9.17) is 0 Å². The van der Waals surface area contributed by atoms with Gasteiger partial charge in [0.05, 0.1) is 17.1 Å². The van der Waals surface area contributed by atoms with Crippen molar-refractivity contribution in [1.29, 1.82) is 0 Å². The minimum atomic E-state index is -3.44. The molecule has 0 saturated carbocycles. The Bertz CT molecular complexity index is 1370. The van der Waals surface area contributed by atoms with Gasteiger partial charge in [0.2, 0.25) is 0 Å². The molecule has 152 valence electrons. The molecule has 0 amide bonds. The number of aliphatic hydroxyl groups excluding tert-OH is 1. The number of imidazole rings is 1.